The van der Waals surface area contributed by atoms with Crippen LogP contribution in [0.5, 0.6) is 5.75 Å². The van der Waals surface area contributed by atoms with Crippen molar-refractivity contribution in [1.82, 2.24) is 4.90 Å². The number of ether oxygens (including phenoxy) is 2. The summed E-state index contributed by atoms with van der Waals surface area (Å²) in [6, 6.07) is 5.03. The first-order valence-corrected chi connectivity index (χ1v) is 8.16. The first-order valence-electron chi connectivity index (χ1n) is 8.16. The molecule has 1 spiro atoms. The molecule has 2 heterocycles. The standard InChI is InChI=1S/C18H19NO6/c1-2-24-17(23)19-9-7-18(8-10-19)16(22)13-11-12(4-6-15(20)21)3-5-14(13)25-18/h3-6,11H,2,7-10H2,1H3,(H,20,21)/b6-4+. The number of aliphatic carboxylic acids is 1. The molecule has 1 fully saturated rings. The average Bonchev–Trinajstić information content (AvgIpc) is 2.86. The van der Waals surface area contributed by atoms with Crippen molar-refractivity contribution in [1.29, 1.82) is 0 Å². The van der Waals surface area contributed by atoms with Crippen LogP contribution < -0.4 is 4.74 Å². The first-order chi connectivity index (χ1) is 11.9. The minimum atomic E-state index is -1.05. The smallest absolute Gasteiger partial charge is 0.409 e. The fourth-order valence-corrected chi connectivity index (χ4v) is 3.18. The number of hydrogen-bond acceptors (Lipinski definition) is 5. The van der Waals surface area contributed by atoms with Gasteiger partial charge in [-0.25, -0.2) is 9.59 Å². The molecule has 0 atom stereocenters. The van der Waals surface area contributed by atoms with Crippen molar-refractivity contribution in [3.05, 3.63) is 35.4 Å². The normalized spacial score (nSPS) is 18.3. The van der Waals surface area contributed by atoms with E-state index < -0.39 is 11.6 Å². The SMILES string of the molecule is CCOC(=O)N1CCC2(CC1)Oc1ccc(/C=C/C(=O)O)cc1C2=O. The molecule has 0 bridgehead atoms. The van der Waals surface area contributed by atoms with E-state index in [9.17, 15) is 14.4 Å². The number of carbonyl (C=O) groups is 3. The van der Waals surface area contributed by atoms with Crippen LogP contribution in [0.1, 0.15) is 35.7 Å². The molecular weight excluding hydrogens is 326 g/mol. The fraction of sp³-hybridized carbons (Fsp3) is 0.389. The molecule has 3 rings (SSSR count). The highest BCUT2D eigenvalue weighted by Crippen LogP contribution is 2.41. The lowest BCUT2D eigenvalue weighted by Gasteiger charge is -2.36. The van der Waals surface area contributed by atoms with E-state index in [0.717, 1.165) is 6.08 Å². The number of carbonyl (C=O) groups excluding carboxylic acids is 2. The second kappa shape index (κ2) is 6.58. The molecular formula is C18H19NO6. The van der Waals surface area contributed by atoms with E-state index in [4.69, 9.17) is 14.6 Å². The van der Waals surface area contributed by atoms with Crippen LogP contribution in [0.3, 0.4) is 0 Å². The zero-order chi connectivity index (χ0) is 18.0. The molecule has 25 heavy (non-hydrogen) atoms. The summed E-state index contributed by atoms with van der Waals surface area (Å²) in [6.07, 6.45) is 2.89. The van der Waals surface area contributed by atoms with E-state index in [-0.39, 0.29) is 11.9 Å². The van der Waals surface area contributed by atoms with E-state index in [2.05, 4.69) is 0 Å². The van der Waals surface area contributed by atoms with Gasteiger partial charge in [0.05, 0.1) is 12.2 Å². The third-order valence-corrected chi connectivity index (χ3v) is 4.48. The lowest BCUT2D eigenvalue weighted by molar-refractivity contribution is -0.131. The molecule has 1 aromatic carbocycles. The van der Waals surface area contributed by atoms with Crippen LogP contribution in [0.4, 0.5) is 4.79 Å². The summed E-state index contributed by atoms with van der Waals surface area (Å²) >= 11 is 0. The van der Waals surface area contributed by atoms with Crippen molar-refractivity contribution in [2.24, 2.45) is 0 Å². The lowest BCUT2D eigenvalue weighted by atomic mass is 9.85. The number of carboxylic acids is 1. The van der Waals surface area contributed by atoms with Crippen molar-refractivity contribution in [2.75, 3.05) is 19.7 Å². The van der Waals surface area contributed by atoms with Gasteiger partial charge in [-0.15, -0.1) is 0 Å². The second-order valence-electron chi connectivity index (χ2n) is 6.04. The Bertz CT molecular complexity index is 746. The Morgan fingerprint density at radius 1 is 1.36 bits per heavy atom. The number of likely N-dealkylation sites (tertiary alicyclic amines) is 1. The van der Waals surface area contributed by atoms with Crippen molar-refractivity contribution in [3.8, 4) is 5.75 Å². The number of carboxylic acid groups (broad SMARTS) is 1. The molecule has 2 aliphatic rings. The van der Waals surface area contributed by atoms with Gasteiger partial charge in [0.25, 0.3) is 0 Å². The van der Waals surface area contributed by atoms with E-state index in [0.29, 0.717) is 49.4 Å². The zero-order valence-corrected chi connectivity index (χ0v) is 13.9. The maximum absolute atomic E-state index is 12.9. The molecule has 1 aromatic rings. The topological polar surface area (TPSA) is 93.1 Å². The van der Waals surface area contributed by atoms with Crippen LogP contribution in [0.15, 0.2) is 24.3 Å². The molecule has 1 amide bonds. The summed E-state index contributed by atoms with van der Waals surface area (Å²) in [5.74, 6) is -0.662. The highest BCUT2D eigenvalue weighted by atomic mass is 16.6. The number of Topliss-reactive ketones (excluding diaryl/α,β-unsaturated/α-hetero) is 1. The maximum atomic E-state index is 12.9. The Labute approximate surface area is 144 Å². The minimum Gasteiger partial charge on any atom is -0.478 e. The predicted octanol–water partition coefficient (Wildman–Crippen LogP) is 2.35. The Hall–Kier alpha value is -2.83. The number of nitrogens with zero attached hydrogens (tertiary/aromatic N) is 1. The molecule has 0 radical (unpaired) electrons. The van der Waals surface area contributed by atoms with Crippen molar-refractivity contribution in [2.45, 2.75) is 25.4 Å². The van der Waals surface area contributed by atoms with Gasteiger partial charge in [0.15, 0.2) is 5.60 Å². The minimum absolute atomic E-state index is 0.114. The number of benzene rings is 1. The molecule has 7 heteroatoms. The molecule has 7 nitrogen and oxygen atoms in total. The number of amides is 1. The van der Waals surface area contributed by atoms with Crippen molar-refractivity contribution >= 4 is 23.9 Å². The van der Waals surface area contributed by atoms with Crippen LogP contribution >= 0.6 is 0 Å². The molecule has 2 aliphatic heterocycles. The van der Waals surface area contributed by atoms with Crippen molar-refractivity contribution < 1.29 is 29.0 Å². The molecule has 0 aromatic heterocycles. The monoisotopic (exact) mass is 345 g/mol. The Morgan fingerprint density at radius 3 is 2.72 bits per heavy atom. The van der Waals surface area contributed by atoms with Gasteiger partial charge in [0.1, 0.15) is 5.75 Å². The second-order valence-corrected chi connectivity index (χ2v) is 6.04. The van der Waals surface area contributed by atoms with Gasteiger partial charge in [0.2, 0.25) is 5.78 Å². The highest BCUT2D eigenvalue weighted by molar-refractivity contribution is 6.08. The maximum Gasteiger partial charge on any atom is 0.409 e. The average molecular weight is 345 g/mol. The van der Waals surface area contributed by atoms with Gasteiger partial charge in [-0.05, 0) is 30.7 Å². The van der Waals surface area contributed by atoms with Crippen molar-refractivity contribution in [3.63, 3.8) is 0 Å². The van der Waals surface area contributed by atoms with Crippen LogP contribution in [-0.4, -0.2) is 53.1 Å². The van der Waals surface area contributed by atoms with E-state index in [1.54, 1.807) is 30.0 Å². The van der Waals surface area contributed by atoms with E-state index in [1.165, 1.54) is 6.08 Å². The molecule has 1 N–H and O–H groups in total. The largest absolute Gasteiger partial charge is 0.478 e. The summed E-state index contributed by atoms with van der Waals surface area (Å²) in [5, 5.41) is 8.71. The fourth-order valence-electron chi connectivity index (χ4n) is 3.18. The number of ketones is 1. The third-order valence-electron chi connectivity index (χ3n) is 4.48. The Morgan fingerprint density at radius 2 is 2.08 bits per heavy atom. The van der Waals surface area contributed by atoms with Crippen LogP contribution in [0, 0.1) is 0 Å². The highest BCUT2D eigenvalue weighted by Gasteiger charge is 2.50. The Balaban J connectivity index is 1.75. The van der Waals surface area contributed by atoms with Gasteiger partial charge in [-0.3, -0.25) is 4.79 Å². The molecule has 1 saturated heterocycles. The summed E-state index contributed by atoms with van der Waals surface area (Å²) < 4.78 is 10.9. The summed E-state index contributed by atoms with van der Waals surface area (Å²) in [6.45, 7) is 2.85. The summed E-state index contributed by atoms with van der Waals surface area (Å²) in [7, 11) is 0. The van der Waals surface area contributed by atoms with E-state index >= 15 is 0 Å². The predicted molar refractivity (Wildman–Crippen MR) is 88.6 cm³/mol. The molecule has 0 saturated carbocycles. The van der Waals surface area contributed by atoms with Gasteiger partial charge >= 0.3 is 12.1 Å². The van der Waals surface area contributed by atoms with Gasteiger partial charge in [0, 0.05) is 32.0 Å². The third kappa shape index (κ3) is 3.22. The quantitative estimate of drug-likeness (QED) is 0.845. The van der Waals surface area contributed by atoms with Gasteiger partial charge < -0.3 is 19.5 Å². The first kappa shape index (κ1) is 17.0. The molecule has 0 unspecified atom stereocenters. The summed E-state index contributed by atoms with van der Waals surface area (Å²) in [5.41, 5.74) is 0.136. The van der Waals surface area contributed by atoms with E-state index in [1.807, 2.05) is 0 Å². The number of hydrogen-bond donors (Lipinski definition) is 1. The van der Waals surface area contributed by atoms with Crippen LogP contribution in [0.25, 0.3) is 6.08 Å². The summed E-state index contributed by atoms with van der Waals surface area (Å²) in [4.78, 5) is 36.9. The Kier molecular flexibility index (Phi) is 4.48. The van der Waals surface area contributed by atoms with Gasteiger partial charge in [-0.2, -0.15) is 0 Å². The number of piperidine rings is 1. The zero-order valence-electron chi connectivity index (χ0n) is 13.9. The lowest BCUT2D eigenvalue weighted by Crippen LogP contribution is -2.52. The van der Waals surface area contributed by atoms with Crippen LogP contribution in [-0.2, 0) is 9.53 Å². The molecule has 132 valence electrons. The number of rotatable bonds is 3. The van der Waals surface area contributed by atoms with Crippen LogP contribution in [0.2, 0.25) is 0 Å². The molecule has 0 aliphatic carbocycles. The van der Waals surface area contributed by atoms with Gasteiger partial charge in [-0.1, -0.05) is 6.07 Å². The number of fused-ring (bicyclic) bond motifs is 1.